The molecule has 0 aliphatic heterocycles. The molecule has 2 heterocycles. The lowest BCUT2D eigenvalue weighted by Crippen LogP contribution is -2.16. The summed E-state index contributed by atoms with van der Waals surface area (Å²) in [7, 11) is 0. The maximum atomic E-state index is 13.0. The molecule has 5 nitrogen and oxygen atoms in total. The fraction of sp³-hybridized carbons (Fsp3) is 0. The Bertz CT molecular complexity index is 724. The maximum Gasteiger partial charge on any atom is 0.419 e. The minimum Gasteiger partial charge on any atom is -0.399 e. The average Bonchev–Trinajstić information content (AvgIpc) is 2.99. The van der Waals surface area contributed by atoms with Crippen LogP contribution in [-0.4, -0.2) is 11.2 Å². The molecule has 0 radical (unpaired) electrons. The SMILES string of the molecule is O=C(Nc1noc2cc(F)ccc12)Oc1cccs1. The van der Waals surface area contributed by atoms with Gasteiger partial charge in [0.2, 0.25) is 0 Å². The molecular formula is C12H7FN2O3S. The second kappa shape index (κ2) is 4.69. The number of hydrogen-bond acceptors (Lipinski definition) is 5. The standard InChI is InChI=1S/C12H7FN2O3S/c13-7-3-4-8-9(6-7)18-15-11(8)14-12(16)17-10-2-1-5-19-10/h1-6H,(H,14,15,16). The Morgan fingerprint density at radius 1 is 1.42 bits per heavy atom. The van der Waals surface area contributed by atoms with Gasteiger partial charge in [-0.3, -0.25) is 5.32 Å². The van der Waals surface area contributed by atoms with Gasteiger partial charge in [0.15, 0.2) is 16.5 Å². The molecule has 0 atom stereocenters. The number of thiophene rings is 1. The van der Waals surface area contributed by atoms with Gasteiger partial charge in [0.05, 0.1) is 5.39 Å². The Hall–Kier alpha value is -2.41. The van der Waals surface area contributed by atoms with Crippen LogP contribution in [0.3, 0.4) is 0 Å². The summed E-state index contributed by atoms with van der Waals surface area (Å²) in [6.45, 7) is 0. The van der Waals surface area contributed by atoms with Gasteiger partial charge in [-0.1, -0.05) is 5.16 Å². The molecule has 3 rings (SSSR count). The zero-order valence-corrected chi connectivity index (χ0v) is 10.2. The Labute approximate surface area is 110 Å². The predicted octanol–water partition coefficient (Wildman–Crippen LogP) is 3.64. The molecule has 19 heavy (non-hydrogen) atoms. The third-order valence-electron chi connectivity index (χ3n) is 2.34. The van der Waals surface area contributed by atoms with Crippen molar-refractivity contribution in [3.8, 4) is 5.06 Å². The van der Waals surface area contributed by atoms with Crippen molar-refractivity contribution in [1.82, 2.24) is 5.16 Å². The van der Waals surface area contributed by atoms with E-state index in [1.54, 1.807) is 17.5 Å². The van der Waals surface area contributed by atoms with Crippen molar-refractivity contribution >= 4 is 34.2 Å². The zero-order valence-electron chi connectivity index (χ0n) is 9.42. The van der Waals surface area contributed by atoms with Crippen LogP contribution in [0.4, 0.5) is 15.0 Å². The number of nitrogens with zero attached hydrogens (tertiary/aromatic N) is 1. The van der Waals surface area contributed by atoms with Crippen molar-refractivity contribution in [3.05, 3.63) is 41.5 Å². The number of amides is 1. The average molecular weight is 278 g/mol. The number of ether oxygens (including phenoxy) is 1. The normalized spacial score (nSPS) is 10.6. The molecule has 0 unspecified atom stereocenters. The lowest BCUT2D eigenvalue weighted by atomic mass is 10.2. The van der Waals surface area contributed by atoms with E-state index in [1.807, 2.05) is 0 Å². The molecule has 0 fully saturated rings. The zero-order chi connectivity index (χ0) is 13.2. The molecule has 0 aliphatic carbocycles. The van der Waals surface area contributed by atoms with Gasteiger partial charge in [-0.2, -0.15) is 0 Å². The van der Waals surface area contributed by atoms with Crippen molar-refractivity contribution in [2.45, 2.75) is 0 Å². The first kappa shape index (κ1) is 11.7. The van der Waals surface area contributed by atoms with Gasteiger partial charge >= 0.3 is 6.09 Å². The second-order valence-corrected chi connectivity index (χ2v) is 4.53. The van der Waals surface area contributed by atoms with Gasteiger partial charge in [0.25, 0.3) is 0 Å². The van der Waals surface area contributed by atoms with Crippen molar-refractivity contribution < 1.29 is 18.4 Å². The number of anilines is 1. The molecule has 1 amide bonds. The van der Waals surface area contributed by atoms with Crippen LogP contribution in [0.25, 0.3) is 11.0 Å². The Morgan fingerprint density at radius 2 is 2.32 bits per heavy atom. The van der Waals surface area contributed by atoms with Crippen LogP contribution in [0.1, 0.15) is 0 Å². The number of nitrogens with one attached hydrogen (secondary N) is 1. The van der Waals surface area contributed by atoms with Crippen LogP contribution in [0.5, 0.6) is 5.06 Å². The number of halogens is 1. The van der Waals surface area contributed by atoms with E-state index in [2.05, 4.69) is 10.5 Å². The minimum atomic E-state index is -0.679. The summed E-state index contributed by atoms with van der Waals surface area (Å²) in [5, 5.41) is 8.86. The van der Waals surface area contributed by atoms with Gasteiger partial charge in [-0.05, 0) is 29.6 Å². The molecule has 0 aliphatic rings. The molecule has 0 saturated heterocycles. The van der Waals surface area contributed by atoms with Crippen LogP contribution in [-0.2, 0) is 0 Å². The summed E-state index contributed by atoms with van der Waals surface area (Å²) >= 11 is 1.29. The monoisotopic (exact) mass is 278 g/mol. The van der Waals surface area contributed by atoms with Crippen molar-refractivity contribution in [1.29, 1.82) is 0 Å². The van der Waals surface area contributed by atoms with Gasteiger partial charge in [-0.15, -0.1) is 11.3 Å². The Kier molecular flexibility index (Phi) is 2.88. The Morgan fingerprint density at radius 3 is 3.11 bits per heavy atom. The minimum absolute atomic E-state index is 0.191. The van der Waals surface area contributed by atoms with E-state index < -0.39 is 11.9 Å². The molecular weight excluding hydrogens is 271 g/mol. The first-order valence-corrected chi connectivity index (χ1v) is 6.17. The van der Waals surface area contributed by atoms with Crippen molar-refractivity contribution in [2.24, 2.45) is 0 Å². The molecule has 1 aromatic carbocycles. The van der Waals surface area contributed by atoms with E-state index in [1.165, 1.54) is 29.5 Å². The number of carbonyl (C=O) groups is 1. The van der Waals surface area contributed by atoms with Crippen molar-refractivity contribution in [3.63, 3.8) is 0 Å². The highest BCUT2D eigenvalue weighted by Crippen LogP contribution is 2.24. The fourth-order valence-electron chi connectivity index (χ4n) is 1.54. The van der Waals surface area contributed by atoms with E-state index in [9.17, 15) is 9.18 Å². The first-order valence-electron chi connectivity index (χ1n) is 5.29. The van der Waals surface area contributed by atoms with Crippen LogP contribution in [0, 0.1) is 5.82 Å². The molecule has 0 spiro atoms. The van der Waals surface area contributed by atoms with E-state index in [4.69, 9.17) is 9.26 Å². The summed E-state index contributed by atoms with van der Waals surface area (Å²) in [5.74, 6) is -0.243. The van der Waals surface area contributed by atoms with Crippen LogP contribution in [0.15, 0.2) is 40.2 Å². The smallest absolute Gasteiger partial charge is 0.399 e. The lowest BCUT2D eigenvalue weighted by molar-refractivity contribution is 0.216. The van der Waals surface area contributed by atoms with Crippen LogP contribution >= 0.6 is 11.3 Å². The largest absolute Gasteiger partial charge is 0.419 e. The summed E-state index contributed by atoms with van der Waals surface area (Å²) < 4.78 is 22.9. The number of carbonyl (C=O) groups excluding carboxylic acids is 1. The van der Waals surface area contributed by atoms with Crippen LogP contribution in [0.2, 0.25) is 0 Å². The van der Waals surface area contributed by atoms with Gasteiger partial charge in [0.1, 0.15) is 5.82 Å². The molecule has 1 N–H and O–H groups in total. The third kappa shape index (κ3) is 2.41. The summed E-state index contributed by atoms with van der Waals surface area (Å²) in [5.41, 5.74) is 0.256. The second-order valence-electron chi connectivity index (χ2n) is 3.62. The van der Waals surface area contributed by atoms with Crippen molar-refractivity contribution in [2.75, 3.05) is 5.32 Å². The topological polar surface area (TPSA) is 64.4 Å². The van der Waals surface area contributed by atoms with Crippen LogP contribution < -0.4 is 10.1 Å². The lowest BCUT2D eigenvalue weighted by Gasteiger charge is -2.01. The molecule has 96 valence electrons. The molecule has 2 aromatic heterocycles. The molecule has 3 aromatic rings. The highest BCUT2D eigenvalue weighted by molar-refractivity contribution is 7.11. The summed E-state index contributed by atoms with van der Waals surface area (Å²) in [6, 6.07) is 7.36. The van der Waals surface area contributed by atoms with Gasteiger partial charge in [-0.25, -0.2) is 9.18 Å². The number of hydrogen-bond donors (Lipinski definition) is 1. The molecule has 0 saturated carbocycles. The number of fused-ring (bicyclic) bond motifs is 1. The van der Waals surface area contributed by atoms with Gasteiger partial charge < -0.3 is 9.26 Å². The molecule has 0 bridgehead atoms. The highest BCUT2D eigenvalue weighted by atomic mass is 32.1. The summed E-state index contributed by atoms with van der Waals surface area (Å²) in [4.78, 5) is 11.6. The third-order valence-corrected chi connectivity index (χ3v) is 3.09. The fourth-order valence-corrected chi connectivity index (χ4v) is 2.11. The summed E-state index contributed by atoms with van der Waals surface area (Å²) in [6.07, 6.45) is -0.679. The Balaban J connectivity index is 1.79. The quantitative estimate of drug-likeness (QED) is 0.777. The number of benzene rings is 1. The van der Waals surface area contributed by atoms with E-state index in [0.717, 1.165) is 0 Å². The van der Waals surface area contributed by atoms with E-state index in [-0.39, 0.29) is 11.4 Å². The molecule has 7 heteroatoms. The number of aromatic nitrogens is 1. The number of rotatable bonds is 2. The van der Waals surface area contributed by atoms with Gasteiger partial charge in [0, 0.05) is 6.07 Å². The highest BCUT2D eigenvalue weighted by Gasteiger charge is 2.13. The maximum absolute atomic E-state index is 13.0. The van der Waals surface area contributed by atoms with E-state index in [0.29, 0.717) is 10.4 Å². The predicted molar refractivity (Wildman–Crippen MR) is 67.9 cm³/mol. The first-order chi connectivity index (χ1) is 9.22. The van der Waals surface area contributed by atoms with E-state index >= 15 is 0 Å².